The van der Waals surface area contributed by atoms with Crippen molar-refractivity contribution in [3.05, 3.63) is 0 Å². The highest BCUT2D eigenvalue weighted by Crippen LogP contribution is 2.49. The number of nitrogens with zero attached hydrogens (tertiary/aromatic N) is 2. The van der Waals surface area contributed by atoms with Gasteiger partial charge in [-0.3, -0.25) is 0 Å². The van der Waals surface area contributed by atoms with Crippen LogP contribution in [0.4, 0.5) is 0 Å². The van der Waals surface area contributed by atoms with E-state index in [1.54, 1.807) is 0 Å². The van der Waals surface area contributed by atoms with Crippen LogP contribution in [0.1, 0.15) is 25.7 Å². The topological polar surface area (TPSA) is 34.0 Å². The second-order valence-electron chi connectivity index (χ2n) is 4.06. The normalized spacial score (nSPS) is 46.9. The predicted octanol–water partition coefficient (Wildman–Crippen LogP) is 2.51. The molecule has 3 atom stereocenters. The fraction of sp³-hybridized carbons (Fsp3) is 1.00. The summed E-state index contributed by atoms with van der Waals surface area (Å²) in [6.07, 6.45) is 5.52. The minimum Gasteiger partial charge on any atom is -0.317 e. The summed E-state index contributed by atoms with van der Waals surface area (Å²) in [6, 6.07) is 0. The average molecular weight is 187 g/mol. The molecule has 4 heteroatoms. The van der Waals surface area contributed by atoms with Crippen LogP contribution >= 0.6 is 11.6 Å². The lowest BCUT2D eigenvalue weighted by Gasteiger charge is -2.22. The van der Waals surface area contributed by atoms with Crippen LogP contribution in [0.25, 0.3) is 0 Å². The van der Waals surface area contributed by atoms with Gasteiger partial charge in [-0.25, -0.2) is 0 Å². The fourth-order valence-electron chi connectivity index (χ4n) is 2.61. The molecule has 2 saturated carbocycles. The zero-order chi connectivity index (χ0) is 8.18. The van der Waals surface area contributed by atoms with E-state index < -0.39 is 5.31 Å². The molecule has 1 aliphatic heterocycles. The average Bonchev–Trinajstić information content (AvgIpc) is 2.48. The summed E-state index contributed by atoms with van der Waals surface area (Å²) in [5, 5.41) is 6.34. The van der Waals surface area contributed by atoms with E-state index in [9.17, 15) is 0 Å². The first-order valence-electron chi connectivity index (χ1n) is 4.56. The first-order chi connectivity index (χ1) is 5.75. The molecule has 0 N–H and O–H groups in total. The molecule has 12 heavy (non-hydrogen) atoms. The fourth-order valence-corrected chi connectivity index (χ4v) is 2.76. The van der Waals surface area contributed by atoms with Crippen molar-refractivity contribution in [1.29, 1.82) is 0 Å². The molecule has 0 unspecified atom stereocenters. The molecular weight excluding hydrogens is 176 g/mol. The van der Waals surface area contributed by atoms with Gasteiger partial charge in [0.25, 0.3) is 0 Å². The van der Waals surface area contributed by atoms with Crippen LogP contribution in [0.2, 0.25) is 0 Å². The van der Waals surface area contributed by atoms with Crippen molar-refractivity contribution in [2.75, 3.05) is 0 Å². The summed E-state index contributed by atoms with van der Waals surface area (Å²) in [6.45, 7) is 0. The van der Waals surface area contributed by atoms with Crippen molar-refractivity contribution >= 4 is 11.6 Å². The maximum absolute atomic E-state index is 5.81. The van der Waals surface area contributed by atoms with Gasteiger partial charge in [0.2, 0.25) is 0 Å². The first-order valence-corrected chi connectivity index (χ1v) is 4.94. The monoisotopic (exact) mass is 186 g/mol. The Kier molecular flexibility index (Phi) is 1.34. The predicted molar refractivity (Wildman–Crippen MR) is 43.8 cm³/mol. The van der Waals surface area contributed by atoms with E-state index in [1.807, 2.05) is 0 Å². The molecule has 2 aliphatic carbocycles. The van der Waals surface area contributed by atoms with Crippen LogP contribution in [0.5, 0.6) is 0 Å². The van der Waals surface area contributed by atoms with Crippen LogP contribution < -0.4 is 0 Å². The smallest absolute Gasteiger partial charge is 0.317 e. The highest BCUT2D eigenvalue weighted by molar-refractivity contribution is 6.23. The molecule has 1 heterocycles. The number of hydrogen-bond acceptors (Lipinski definition) is 3. The zero-order valence-electron chi connectivity index (χ0n) is 6.74. The molecule has 0 radical (unpaired) electrons. The van der Waals surface area contributed by atoms with Crippen LogP contribution in [0.3, 0.4) is 0 Å². The second kappa shape index (κ2) is 2.20. The molecule has 0 aromatic carbocycles. The SMILES string of the molecule is ClC1(O[C@H]2C[C@@H]3CC[C@H]2C3)N=N1. The zero-order valence-corrected chi connectivity index (χ0v) is 7.50. The standard InChI is InChI=1S/C8H11ClN2O/c9-8(10-11-8)12-7-4-5-1-2-6(7)3-5/h5-7H,1-4H2/t5-,6+,7+/m1/s1. The van der Waals surface area contributed by atoms with Crippen LogP contribution in [0.15, 0.2) is 10.2 Å². The Hall–Kier alpha value is -0.150. The molecule has 3 rings (SSSR count). The lowest BCUT2D eigenvalue weighted by atomic mass is 9.98. The molecule has 3 nitrogen and oxygen atoms in total. The minimum absolute atomic E-state index is 0.330. The summed E-state index contributed by atoms with van der Waals surface area (Å²) in [5.74, 6) is 1.62. The Bertz CT molecular complexity index is 237. The Morgan fingerprint density at radius 1 is 1.25 bits per heavy atom. The van der Waals surface area contributed by atoms with Crippen LogP contribution in [0, 0.1) is 11.8 Å². The molecule has 2 fully saturated rings. The number of rotatable bonds is 2. The lowest BCUT2D eigenvalue weighted by Crippen LogP contribution is -2.25. The molecule has 0 saturated heterocycles. The maximum atomic E-state index is 5.81. The van der Waals surface area contributed by atoms with E-state index in [1.165, 1.54) is 25.7 Å². The van der Waals surface area contributed by atoms with Crippen molar-refractivity contribution in [3.63, 3.8) is 0 Å². The van der Waals surface area contributed by atoms with Crippen molar-refractivity contribution in [3.8, 4) is 0 Å². The number of halogens is 1. The molecule has 0 aromatic rings. The third-order valence-corrected chi connectivity index (χ3v) is 3.47. The van der Waals surface area contributed by atoms with Crippen molar-refractivity contribution in [2.45, 2.75) is 37.1 Å². The van der Waals surface area contributed by atoms with Crippen LogP contribution in [-0.4, -0.2) is 11.4 Å². The highest BCUT2D eigenvalue weighted by Gasteiger charge is 2.48. The summed E-state index contributed by atoms with van der Waals surface area (Å²) >= 11 is 5.81. The summed E-state index contributed by atoms with van der Waals surface area (Å²) in [5.41, 5.74) is 0. The molecule has 0 aromatic heterocycles. The van der Waals surface area contributed by atoms with Gasteiger partial charge >= 0.3 is 5.31 Å². The third kappa shape index (κ3) is 1.07. The number of fused-ring (bicyclic) bond motifs is 2. The number of ether oxygens (including phenoxy) is 1. The maximum Gasteiger partial charge on any atom is 0.375 e. The summed E-state index contributed by atoms with van der Waals surface area (Å²) in [7, 11) is 0. The number of alkyl halides is 1. The Morgan fingerprint density at radius 2 is 2.08 bits per heavy atom. The van der Waals surface area contributed by atoms with Gasteiger partial charge in [-0.15, -0.1) is 10.2 Å². The molecule has 0 amide bonds. The van der Waals surface area contributed by atoms with Crippen molar-refractivity contribution in [1.82, 2.24) is 0 Å². The van der Waals surface area contributed by atoms with E-state index in [2.05, 4.69) is 10.2 Å². The summed E-state index contributed by atoms with van der Waals surface area (Å²) < 4.78 is 5.58. The molecular formula is C8H11ClN2O. The molecule has 0 spiro atoms. The van der Waals surface area contributed by atoms with E-state index in [4.69, 9.17) is 16.3 Å². The quantitative estimate of drug-likeness (QED) is 0.482. The Labute approximate surface area is 76.1 Å². The van der Waals surface area contributed by atoms with Gasteiger partial charge in [0.05, 0.1) is 6.10 Å². The number of hydrogen-bond donors (Lipinski definition) is 0. The first kappa shape index (κ1) is 7.27. The van der Waals surface area contributed by atoms with Gasteiger partial charge in [0.15, 0.2) is 0 Å². The second-order valence-corrected chi connectivity index (χ2v) is 4.55. The van der Waals surface area contributed by atoms with E-state index >= 15 is 0 Å². The van der Waals surface area contributed by atoms with Gasteiger partial charge in [-0.2, -0.15) is 0 Å². The van der Waals surface area contributed by atoms with Gasteiger partial charge in [-0.05, 0) is 49.1 Å². The largest absolute Gasteiger partial charge is 0.375 e. The third-order valence-electron chi connectivity index (χ3n) is 3.23. The van der Waals surface area contributed by atoms with Gasteiger partial charge < -0.3 is 4.74 Å². The molecule has 3 aliphatic rings. The van der Waals surface area contributed by atoms with Crippen molar-refractivity contribution < 1.29 is 4.74 Å². The van der Waals surface area contributed by atoms with Crippen molar-refractivity contribution in [2.24, 2.45) is 22.1 Å². The molecule has 66 valence electrons. The summed E-state index contributed by atoms with van der Waals surface area (Å²) in [4.78, 5) is 0. The highest BCUT2D eigenvalue weighted by atomic mass is 35.5. The lowest BCUT2D eigenvalue weighted by molar-refractivity contribution is -0.0237. The van der Waals surface area contributed by atoms with E-state index in [-0.39, 0.29) is 0 Å². The van der Waals surface area contributed by atoms with Crippen LogP contribution in [-0.2, 0) is 4.74 Å². The minimum atomic E-state index is -0.963. The van der Waals surface area contributed by atoms with Gasteiger partial charge in [0, 0.05) is 0 Å². The van der Waals surface area contributed by atoms with E-state index in [0.29, 0.717) is 6.10 Å². The Morgan fingerprint density at radius 3 is 2.58 bits per heavy atom. The molecule has 2 bridgehead atoms. The van der Waals surface area contributed by atoms with Gasteiger partial charge in [0.1, 0.15) is 0 Å². The van der Waals surface area contributed by atoms with E-state index in [0.717, 1.165) is 11.8 Å². The van der Waals surface area contributed by atoms with Gasteiger partial charge in [-0.1, -0.05) is 0 Å². The Balaban J connectivity index is 1.64.